The average Bonchev–Trinajstić information content (AvgIpc) is 2.58. The molecule has 2 radical (unpaired) electrons. The Hall–Kier alpha value is -0.0800. The van der Waals surface area contributed by atoms with E-state index in [2.05, 4.69) is 58.0 Å². The highest BCUT2D eigenvalue weighted by Crippen LogP contribution is 2.30. The molecule has 0 unspecified atom stereocenters. The second-order valence-electron chi connectivity index (χ2n) is 6.25. The molecule has 2 nitrogen and oxygen atoms in total. The van der Waals surface area contributed by atoms with Gasteiger partial charge in [-0.15, -0.1) is 0 Å². The molecule has 1 aliphatic heterocycles. The fourth-order valence-corrected chi connectivity index (χ4v) is 2.22. The van der Waals surface area contributed by atoms with Gasteiger partial charge < -0.3 is 0 Å². The number of hydrogen-bond donors (Lipinski definition) is 0. The molecule has 1 rings (SSSR count). The third kappa shape index (κ3) is 3.46. The number of unbranched alkanes of at least 4 members (excludes halogenated alkanes) is 1. The van der Waals surface area contributed by atoms with E-state index in [0.29, 0.717) is 12.0 Å². The quantitative estimate of drug-likeness (QED) is 0.723. The molecule has 2 heteroatoms. The van der Waals surface area contributed by atoms with Crippen molar-refractivity contribution in [2.75, 3.05) is 13.1 Å². The molecule has 16 heavy (non-hydrogen) atoms. The summed E-state index contributed by atoms with van der Waals surface area (Å²) in [4.78, 5) is 4.80. The molecule has 0 aromatic carbocycles. The minimum atomic E-state index is 0.190. The van der Waals surface area contributed by atoms with Gasteiger partial charge in [-0.05, 0) is 33.1 Å². The highest BCUT2D eigenvalue weighted by Gasteiger charge is 2.39. The van der Waals surface area contributed by atoms with Crippen molar-refractivity contribution in [2.24, 2.45) is 5.92 Å². The van der Waals surface area contributed by atoms with Crippen LogP contribution in [0.25, 0.3) is 0 Å². The summed E-state index contributed by atoms with van der Waals surface area (Å²) >= 11 is 0. The molecule has 1 heterocycles. The van der Waals surface area contributed by atoms with E-state index in [-0.39, 0.29) is 5.54 Å². The van der Waals surface area contributed by atoms with Gasteiger partial charge in [-0.3, -0.25) is 9.80 Å². The first-order valence-electron chi connectivity index (χ1n) is 6.66. The molecule has 0 aromatic heterocycles. The monoisotopic (exact) mass is 224 g/mol. The lowest BCUT2D eigenvalue weighted by atomic mass is 9.98. The fourth-order valence-electron chi connectivity index (χ4n) is 2.22. The second-order valence-corrected chi connectivity index (χ2v) is 6.25. The minimum Gasteiger partial charge on any atom is -0.278 e. The summed E-state index contributed by atoms with van der Waals surface area (Å²) in [5.41, 5.74) is 0.190. The van der Waals surface area contributed by atoms with E-state index in [1.54, 1.807) is 0 Å². The fraction of sp³-hybridized carbons (Fsp3) is 0.929. The summed E-state index contributed by atoms with van der Waals surface area (Å²) < 4.78 is 0. The Bertz CT molecular complexity index is 205. The zero-order valence-electron chi connectivity index (χ0n) is 11.9. The van der Waals surface area contributed by atoms with Crippen molar-refractivity contribution < 1.29 is 0 Å². The summed E-state index contributed by atoms with van der Waals surface area (Å²) in [6.45, 7) is 19.6. The van der Waals surface area contributed by atoms with Gasteiger partial charge in [-0.25, -0.2) is 0 Å². The summed E-state index contributed by atoms with van der Waals surface area (Å²) in [6.07, 6.45) is 2.54. The predicted molar refractivity (Wildman–Crippen MR) is 69.9 cm³/mol. The first-order valence-corrected chi connectivity index (χ1v) is 6.66. The maximum atomic E-state index is 3.56. The smallest absolute Gasteiger partial charge is 0.147 e. The normalized spacial score (nSPS) is 24.6. The Morgan fingerprint density at radius 2 is 1.94 bits per heavy atom. The second kappa shape index (κ2) is 5.50. The lowest BCUT2D eigenvalue weighted by molar-refractivity contribution is 0.122. The van der Waals surface area contributed by atoms with E-state index in [1.807, 2.05) is 0 Å². The van der Waals surface area contributed by atoms with Crippen LogP contribution in [0.3, 0.4) is 0 Å². The minimum absolute atomic E-state index is 0.190. The Morgan fingerprint density at radius 1 is 1.31 bits per heavy atom. The van der Waals surface area contributed by atoms with Crippen LogP contribution in [-0.4, -0.2) is 34.5 Å². The van der Waals surface area contributed by atoms with Crippen molar-refractivity contribution in [3.05, 3.63) is 6.67 Å². The molecule has 94 valence electrons. The summed E-state index contributed by atoms with van der Waals surface area (Å²) in [6, 6.07) is 0.622. The number of rotatable bonds is 4. The van der Waals surface area contributed by atoms with Crippen molar-refractivity contribution in [1.29, 1.82) is 0 Å². The van der Waals surface area contributed by atoms with E-state index < -0.39 is 0 Å². The van der Waals surface area contributed by atoms with E-state index in [1.165, 1.54) is 12.8 Å². The van der Waals surface area contributed by atoms with Gasteiger partial charge in [0, 0.05) is 24.7 Å². The van der Waals surface area contributed by atoms with E-state index in [0.717, 1.165) is 13.1 Å². The summed E-state index contributed by atoms with van der Waals surface area (Å²) in [5, 5.41) is 0. The van der Waals surface area contributed by atoms with E-state index >= 15 is 0 Å². The van der Waals surface area contributed by atoms with Crippen LogP contribution < -0.4 is 0 Å². The molecule has 1 saturated heterocycles. The van der Waals surface area contributed by atoms with Gasteiger partial charge >= 0.3 is 0 Å². The van der Waals surface area contributed by atoms with Gasteiger partial charge in [-0.1, -0.05) is 27.2 Å². The summed E-state index contributed by atoms with van der Waals surface area (Å²) in [5.74, 6) is 0.693. The van der Waals surface area contributed by atoms with Crippen LogP contribution in [0.15, 0.2) is 0 Å². The Balaban J connectivity index is 2.61. The van der Waals surface area contributed by atoms with Crippen molar-refractivity contribution in [3.63, 3.8) is 0 Å². The lowest BCUT2D eigenvalue weighted by Gasteiger charge is -2.37. The Morgan fingerprint density at radius 3 is 2.31 bits per heavy atom. The molecular formula is C14H28N2. The largest absolute Gasteiger partial charge is 0.278 e. The average molecular weight is 224 g/mol. The zero-order valence-corrected chi connectivity index (χ0v) is 11.9. The molecule has 0 bridgehead atoms. The van der Waals surface area contributed by atoms with Crippen LogP contribution >= 0.6 is 0 Å². The summed E-state index contributed by atoms with van der Waals surface area (Å²) in [7, 11) is 0. The van der Waals surface area contributed by atoms with E-state index in [9.17, 15) is 0 Å². The first kappa shape index (κ1) is 14.0. The number of nitrogens with zero attached hydrogens (tertiary/aromatic N) is 2. The molecular weight excluding hydrogens is 196 g/mol. The molecule has 0 aliphatic carbocycles. The van der Waals surface area contributed by atoms with Crippen LogP contribution in [-0.2, 0) is 0 Å². The molecule has 1 fully saturated rings. The van der Waals surface area contributed by atoms with Crippen molar-refractivity contribution >= 4 is 0 Å². The molecule has 0 saturated carbocycles. The standard InChI is InChI=1S/C14H28N2/c1-7-8-9-15-10-13(12(2)3)16(11-15)14(4,5)6/h12-13H,7-10H2,1-6H3/t13-/m1/s1. The predicted octanol–water partition coefficient (Wildman–Crippen LogP) is 3.22. The van der Waals surface area contributed by atoms with Crippen LogP contribution in [0.5, 0.6) is 0 Å². The molecule has 0 aromatic rings. The van der Waals surface area contributed by atoms with Crippen LogP contribution in [0.1, 0.15) is 54.4 Å². The van der Waals surface area contributed by atoms with Gasteiger partial charge in [0.2, 0.25) is 0 Å². The maximum absolute atomic E-state index is 3.56. The van der Waals surface area contributed by atoms with Gasteiger partial charge in [0.05, 0.1) is 0 Å². The van der Waals surface area contributed by atoms with E-state index in [4.69, 9.17) is 0 Å². The van der Waals surface area contributed by atoms with Gasteiger partial charge in [0.15, 0.2) is 0 Å². The highest BCUT2D eigenvalue weighted by atomic mass is 15.4. The Kier molecular flexibility index (Phi) is 4.81. The van der Waals surface area contributed by atoms with Gasteiger partial charge in [0.1, 0.15) is 6.67 Å². The van der Waals surface area contributed by atoms with Crippen LogP contribution in [0.2, 0.25) is 0 Å². The topological polar surface area (TPSA) is 6.48 Å². The Labute approximate surface area is 102 Å². The van der Waals surface area contributed by atoms with Gasteiger partial charge in [0.25, 0.3) is 0 Å². The van der Waals surface area contributed by atoms with Crippen LogP contribution in [0.4, 0.5) is 0 Å². The SMILES string of the molecule is CCCCN1[C]N(C(C)(C)C)[C@@H](C(C)C)C1. The first-order chi connectivity index (χ1) is 7.36. The van der Waals surface area contributed by atoms with Crippen molar-refractivity contribution in [1.82, 2.24) is 9.80 Å². The molecule has 1 aliphatic rings. The zero-order chi connectivity index (χ0) is 12.3. The molecule has 0 amide bonds. The molecule has 0 spiro atoms. The third-order valence-electron chi connectivity index (χ3n) is 3.26. The lowest BCUT2D eigenvalue weighted by Crippen LogP contribution is -2.45. The molecule has 1 atom stereocenters. The van der Waals surface area contributed by atoms with Crippen molar-refractivity contribution in [2.45, 2.75) is 66.0 Å². The maximum Gasteiger partial charge on any atom is 0.147 e. The van der Waals surface area contributed by atoms with Crippen molar-refractivity contribution in [3.8, 4) is 0 Å². The molecule has 0 N–H and O–H groups in total. The highest BCUT2D eigenvalue weighted by molar-refractivity contribution is 4.97. The van der Waals surface area contributed by atoms with Gasteiger partial charge in [-0.2, -0.15) is 0 Å². The number of hydrogen-bond acceptors (Lipinski definition) is 2. The van der Waals surface area contributed by atoms with Crippen LogP contribution in [0, 0.1) is 12.6 Å². The third-order valence-corrected chi connectivity index (χ3v) is 3.26.